The Hall–Kier alpha value is -3.13. The van der Waals surface area contributed by atoms with E-state index >= 15 is 0 Å². The summed E-state index contributed by atoms with van der Waals surface area (Å²) < 4.78 is 51.0. The van der Waals surface area contributed by atoms with Crippen LogP contribution >= 0.6 is 0 Å². The summed E-state index contributed by atoms with van der Waals surface area (Å²) in [6, 6.07) is 23.0. The molecule has 2 heteroatoms. The van der Waals surface area contributed by atoms with Crippen LogP contribution in [0.1, 0.15) is 58.7 Å². The summed E-state index contributed by atoms with van der Waals surface area (Å²) in [6.07, 6.45) is 3.42. The molecule has 0 amide bonds. The fraction of sp³-hybridized carbons (Fsp3) is 0.222. The number of benzene rings is 3. The van der Waals surface area contributed by atoms with E-state index in [1.54, 1.807) is 26.2 Å². The molecule has 0 N–H and O–H groups in total. The van der Waals surface area contributed by atoms with Crippen LogP contribution in [0.5, 0.6) is 0 Å². The highest BCUT2D eigenvalue weighted by atomic mass is 15.1. The lowest BCUT2D eigenvalue weighted by Crippen LogP contribution is -2.08. The van der Waals surface area contributed by atoms with Gasteiger partial charge in [-0.25, -0.2) is 4.98 Å². The minimum Gasteiger partial charge on any atom is -0.299 e. The van der Waals surface area contributed by atoms with Crippen molar-refractivity contribution >= 4 is 0 Å². The van der Waals surface area contributed by atoms with Crippen LogP contribution in [0.4, 0.5) is 0 Å². The second kappa shape index (κ2) is 8.08. The van der Waals surface area contributed by atoms with Gasteiger partial charge in [0.25, 0.3) is 0 Å². The van der Waals surface area contributed by atoms with Gasteiger partial charge in [-0.1, -0.05) is 88.2 Å². The lowest BCUT2D eigenvalue weighted by Gasteiger charge is -2.23. The predicted molar refractivity (Wildman–Crippen MR) is 123 cm³/mol. The Bertz CT molecular complexity index is 1250. The number of aromatic nitrogens is 2. The molecule has 2 atom stereocenters. The van der Waals surface area contributed by atoms with Gasteiger partial charge < -0.3 is 0 Å². The highest BCUT2D eigenvalue weighted by molar-refractivity contribution is 5.71. The van der Waals surface area contributed by atoms with E-state index in [1.165, 1.54) is 0 Å². The zero-order chi connectivity index (χ0) is 25.4. The van der Waals surface area contributed by atoms with E-state index < -0.39 is 25.5 Å². The molecular formula is C27H28N2. The first kappa shape index (κ1) is 13.2. The van der Waals surface area contributed by atoms with Crippen molar-refractivity contribution in [1.29, 1.82) is 0 Å². The van der Waals surface area contributed by atoms with Gasteiger partial charge in [-0.15, -0.1) is 0 Å². The maximum absolute atomic E-state index is 8.19. The van der Waals surface area contributed by atoms with Gasteiger partial charge in [0.05, 0.1) is 5.69 Å². The SMILES string of the molecule is [2H]C([2H])([2H])C(C)c1cc(-c2ccccc2)cc(C(C)C([2H])([2H])[2H])c1-n1ccnc1-c1ccccc1. The van der Waals surface area contributed by atoms with Crippen molar-refractivity contribution in [3.05, 3.63) is 96.3 Å². The van der Waals surface area contributed by atoms with Crippen LogP contribution in [0.25, 0.3) is 28.2 Å². The van der Waals surface area contributed by atoms with Crippen LogP contribution in [-0.2, 0) is 0 Å². The molecular weight excluding hydrogens is 352 g/mol. The van der Waals surface area contributed by atoms with Crippen molar-refractivity contribution < 1.29 is 8.22 Å². The number of nitrogens with zero attached hydrogens (tertiary/aromatic N) is 2. The van der Waals surface area contributed by atoms with Crippen LogP contribution in [0.2, 0.25) is 0 Å². The van der Waals surface area contributed by atoms with Gasteiger partial charge in [-0.3, -0.25) is 4.57 Å². The zero-order valence-corrected chi connectivity index (χ0v) is 16.6. The summed E-state index contributed by atoms with van der Waals surface area (Å²) in [5.41, 5.74) is 4.22. The highest BCUT2D eigenvalue weighted by Gasteiger charge is 2.20. The van der Waals surface area contributed by atoms with E-state index in [-0.39, 0.29) is 0 Å². The zero-order valence-electron chi connectivity index (χ0n) is 22.6. The average Bonchev–Trinajstić information content (AvgIpc) is 3.31. The summed E-state index contributed by atoms with van der Waals surface area (Å²) >= 11 is 0. The van der Waals surface area contributed by atoms with E-state index in [2.05, 4.69) is 4.98 Å². The topological polar surface area (TPSA) is 17.8 Å². The second-order valence-corrected chi connectivity index (χ2v) is 7.30. The highest BCUT2D eigenvalue weighted by Crippen LogP contribution is 2.37. The van der Waals surface area contributed by atoms with Crippen molar-refractivity contribution in [3.8, 4) is 28.2 Å². The van der Waals surface area contributed by atoms with Crippen LogP contribution in [0, 0.1) is 0 Å². The van der Waals surface area contributed by atoms with E-state index in [0.717, 1.165) is 16.7 Å². The Balaban J connectivity index is 2.09. The van der Waals surface area contributed by atoms with E-state index in [4.69, 9.17) is 8.22 Å². The number of rotatable bonds is 5. The Morgan fingerprint density at radius 3 is 1.86 bits per heavy atom. The lowest BCUT2D eigenvalue weighted by molar-refractivity contribution is 0.807. The summed E-state index contributed by atoms with van der Waals surface area (Å²) in [5, 5.41) is 0. The normalized spacial score (nSPS) is 17.2. The summed E-state index contributed by atoms with van der Waals surface area (Å²) in [4.78, 5) is 4.55. The smallest absolute Gasteiger partial charge is 0.144 e. The van der Waals surface area contributed by atoms with Crippen LogP contribution in [-0.4, -0.2) is 9.55 Å². The molecule has 0 fully saturated rings. The monoisotopic (exact) mass is 386 g/mol. The average molecular weight is 387 g/mol. The molecule has 2 unspecified atom stereocenters. The third-order valence-corrected chi connectivity index (χ3v) is 5.12. The molecule has 29 heavy (non-hydrogen) atoms. The minimum absolute atomic E-state index is 0.563. The van der Waals surface area contributed by atoms with E-state index in [1.807, 2.05) is 77.4 Å². The molecule has 0 saturated carbocycles. The molecule has 0 aliphatic rings. The van der Waals surface area contributed by atoms with Gasteiger partial charge in [0.15, 0.2) is 0 Å². The maximum Gasteiger partial charge on any atom is 0.144 e. The molecule has 4 aromatic rings. The predicted octanol–water partition coefficient (Wildman–Crippen LogP) is 7.45. The molecule has 2 nitrogen and oxygen atoms in total. The largest absolute Gasteiger partial charge is 0.299 e. The van der Waals surface area contributed by atoms with Crippen molar-refractivity contribution in [2.45, 2.75) is 39.4 Å². The van der Waals surface area contributed by atoms with Crippen LogP contribution < -0.4 is 0 Å². The lowest BCUT2D eigenvalue weighted by atomic mass is 9.88. The Kier molecular flexibility index (Phi) is 3.67. The summed E-state index contributed by atoms with van der Waals surface area (Å²) in [7, 11) is 0. The van der Waals surface area contributed by atoms with Crippen molar-refractivity contribution in [1.82, 2.24) is 9.55 Å². The molecule has 146 valence electrons. The minimum atomic E-state index is -2.28. The van der Waals surface area contributed by atoms with Crippen molar-refractivity contribution in [3.63, 3.8) is 0 Å². The van der Waals surface area contributed by atoms with Gasteiger partial charge in [0.1, 0.15) is 5.82 Å². The first-order chi connectivity index (χ1) is 16.5. The Morgan fingerprint density at radius 1 is 0.759 bits per heavy atom. The molecule has 4 rings (SSSR count). The van der Waals surface area contributed by atoms with Crippen LogP contribution in [0.3, 0.4) is 0 Å². The van der Waals surface area contributed by atoms with Crippen molar-refractivity contribution in [2.24, 2.45) is 0 Å². The summed E-state index contributed by atoms with van der Waals surface area (Å²) in [5.74, 6) is -1.06. The van der Waals surface area contributed by atoms with E-state index in [0.29, 0.717) is 22.6 Å². The number of imidazole rings is 1. The summed E-state index contributed by atoms with van der Waals surface area (Å²) in [6.45, 7) is -1.22. The fourth-order valence-electron chi connectivity index (χ4n) is 3.70. The van der Waals surface area contributed by atoms with Gasteiger partial charge in [-0.2, -0.15) is 0 Å². The molecule has 1 aromatic heterocycles. The van der Waals surface area contributed by atoms with Crippen LogP contribution in [0.15, 0.2) is 85.2 Å². The van der Waals surface area contributed by atoms with E-state index in [9.17, 15) is 0 Å². The third kappa shape index (κ3) is 3.75. The van der Waals surface area contributed by atoms with Gasteiger partial charge in [0, 0.05) is 26.2 Å². The molecule has 3 aromatic carbocycles. The maximum atomic E-state index is 8.19. The number of hydrogen-bond donors (Lipinski definition) is 0. The van der Waals surface area contributed by atoms with Crippen molar-refractivity contribution in [2.75, 3.05) is 0 Å². The molecule has 0 bridgehead atoms. The fourth-order valence-corrected chi connectivity index (χ4v) is 3.70. The Labute approximate surface area is 182 Å². The van der Waals surface area contributed by atoms with Gasteiger partial charge in [-0.05, 0) is 46.2 Å². The Morgan fingerprint density at radius 2 is 1.31 bits per heavy atom. The second-order valence-electron chi connectivity index (χ2n) is 7.30. The first-order valence-electron chi connectivity index (χ1n) is 12.8. The molecule has 0 spiro atoms. The van der Waals surface area contributed by atoms with Gasteiger partial charge in [0.2, 0.25) is 0 Å². The number of hydrogen-bond acceptors (Lipinski definition) is 1. The molecule has 0 aliphatic heterocycles. The molecule has 0 saturated heterocycles. The first-order valence-corrected chi connectivity index (χ1v) is 9.81. The standard InChI is InChI=1S/C27H28N2/c1-19(2)24-17-23(21-11-7-5-8-12-21)18-25(20(3)4)26(24)29-16-15-28-27(29)22-13-9-6-10-14-22/h5-20H,1-4H3/i1D3,3D3. The molecule has 0 radical (unpaired) electrons. The third-order valence-electron chi connectivity index (χ3n) is 5.12. The molecule has 1 heterocycles. The quantitative estimate of drug-likeness (QED) is 0.348. The molecule has 0 aliphatic carbocycles. The van der Waals surface area contributed by atoms with Gasteiger partial charge >= 0.3 is 0 Å².